The van der Waals surface area contributed by atoms with Gasteiger partial charge in [-0.3, -0.25) is 18.9 Å². The van der Waals surface area contributed by atoms with Gasteiger partial charge in [0.2, 0.25) is 13.3 Å². The molecule has 0 saturated heterocycles. The zero-order chi connectivity index (χ0) is 15.2. The Labute approximate surface area is 106 Å². The lowest BCUT2D eigenvalue weighted by Gasteiger charge is -2.14. The van der Waals surface area contributed by atoms with Gasteiger partial charge in [-0.2, -0.15) is 0 Å². The van der Waals surface area contributed by atoms with Crippen LogP contribution in [0.25, 0.3) is 0 Å². The van der Waals surface area contributed by atoms with Crippen LogP contribution >= 0.6 is 7.37 Å². The normalized spacial score (nSPS) is 15.0. The molecule has 0 aliphatic rings. The second kappa shape index (κ2) is 6.86. The van der Waals surface area contributed by atoms with Gasteiger partial charge in [0.15, 0.2) is 0 Å². The van der Waals surface area contributed by atoms with Crippen molar-refractivity contribution in [2.24, 2.45) is 0 Å². The van der Waals surface area contributed by atoms with Crippen LogP contribution in [-0.4, -0.2) is 62.4 Å². The maximum absolute atomic E-state index is 11.3. The number of hydrogen-bond donors (Lipinski definition) is 5. The molecular formula is C8H12NO9P. The van der Waals surface area contributed by atoms with E-state index in [-0.39, 0.29) is 0 Å². The SMILES string of the molecule is O=C(O)C[C@H](NC(=O)CP(=O)(O)CC(=O)O)C(=O)O. The zero-order valence-electron chi connectivity index (χ0n) is 9.48. The number of rotatable bonds is 8. The van der Waals surface area contributed by atoms with Gasteiger partial charge in [0.05, 0.1) is 6.42 Å². The summed E-state index contributed by atoms with van der Waals surface area (Å²) in [5, 5.41) is 27.1. The van der Waals surface area contributed by atoms with Crippen LogP contribution in [-0.2, 0) is 23.7 Å². The lowest BCUT2D eigenvalue weighted by Crippen LogP contribution is -2.43. The molecule has 0 saturated carbocycles. The van der Waals surface area contributed by atoms with Crippen LogP contribution in [0.15, 0.2) is 0 Å². The van der Waals surface area contributed by atoms with E-state index in [1.54, 1.807) is 5.32 Å². The van der Waals surface area contributed by atoms with E-state index in [0.29, 0.717) is 0 Å². The predicted molar refractivity (Wildman–Crippen MR) is 59.0 cm³/mol. The van der Waals surface area contributed by atoms with E-state index in [2.05, 4.69) is 0 Å². The van der Waals surface area contributed by atoms with Gasteiger partial charge in [-0.05, 0) is 0 Å². The fourth-order valence-electron chi connectivity index (χ4n) is 1.11. The molecule has 5 N–H and O–H groups in total. The van der Waals surface area contributed by atoms with Crippen molar-refractivity contribution in [1.29, 1.82) is 0 Å². The Morgan fingerprint density at radius 3 is 1.89 bits per heavy atom. The van der Waals surface area contributed by atoms with E-state index in [1.807, 2.05) is 0 Å². The molecule has 19 heavy (non-hydrogen) atoms. The van der Waals surface area contributed by atoms with Crippen LogP contribution < -0.4 is 5.32 Å². The van der Waals surface area contributed by atoms with E-state index in [4.69, 9.17) is 20.2 Å². The zero-order valence-corrected chi connectivity index (χ0v) is 10.4. The number of carboxylic acid groups (broad SMARTS) is 3. The van der Waals surface area contributed by atoms with Crippen molar-refractivity contribution < 1.29 is 44.0 Å². The number of nitrogens with one attached hydrogen (secondary N) is 1. The van der Waals surface area contributed by atoms with Crippen LogP contribution in [0.2, 0.25) is 0 Å². The summed E-state index contributed by atoms with van der Waals surface area (Å²) < 4.78 is 11.3. The van der Waals surface area contributed by atoms with Gasteiger partial charge < -0.3 is 25.5 Å². The standard InChI is InChI=1S/C8H12NO9P/c10-5(2-19(17,18)3-7(13)14)9-4(8(15)16)1-6(11)12/h4H,1-3H2,(H,9,10)(H,11,12)(H,13,14)(H,15,16)(H,17,18)/t4-/m0/s1. The molecule has 0 spiro atoms. The Morgan fingerprint density at radius 1 is 1.00 bits per heavy atom. The summed E-state index contributed by atoms with van der Waals surface area (Å²) >= 11 is 0. The number of aliphatic carboxylic acids is 3. The Morgan fingerprint density at radius 2 is 1.53 bits per heavy atom. The van der Waals surface area contributed by atoms with Crippen LogP contribution in [0, 0.1) is 0 Å². The summed E-state index contributed by atoms with van der Waals surface area (Å²) in [5.41, 5.74) is 0. The molecule has 0 aromatic carbocycles. The molecule has 0 aliphatic heterocycles. The van der Waals surface area contributed by atoms with Gasteiger partial charge in [0.25, 0.3) is 0 Å². The fraction of sp³-hybridized carbons (Fsp3) is 0.500. The first kappa shape index (κ1) is 17.1. The van der Waals surface area contributed by atoms with Crippen LogP contribution in [0.4, 0.5) is 0 Å². The quantitative estimate of drug-likeness (QED) is 0.329. The minimum atomic E-state index is -4.28. The van der Waals surface area contributed by atoms with Crippen molar-refractivity contribution in [3.8, 4) is 0 Å². The highest BCUT2D eigenvalue weighted by molar-refractivity contribution is 7.59. The maximum Gasteiger partial charge on any atom is 0.326 e. The summed E-state index contributed by atoms with van der Waals surface area (Å²) in [4.78, 5) is 51.6. The summed E-state index contributed by atoms with van der Waals surface area (Å²) in [6.45, 7) is 0. The highest BCUT2D eigenvalue weighted by atomic mass is 31.2. The summed E-state index contributed by atoms with van der Waals surface area (Å²) in [5.74, 6) is -5.90. The largest absolute Gasteiger partial charge is 0.481 e. The number of carboxylic acids is 3. The molecule has 108 valence electrons. The highest BCUT2D eigenvalue weighted by Crippen LogP contribution is 2.39. The van der Waals surface area contributed by atoms with Gasteiger partial charge in [0.1, 0.15) is 18.4 Å². The molecule has 0 aromatic heterocycles. The van der Waals surface area contributed by atoms with Crippen molar-refractivity contribution in [2.45, 2.75) is 12.5 Å². The van der Waals surface area contributed by atoms with Crippen LogP contribution in [0.1, 0.15) is 6.42 Å². The molecule has 2 atom stereocenters. The van der Waals surface area contributed by atoms with Gasteiger partial charge in [-0.25, -0.2) is 4.79 Å². The first-order valence-electron chi connectivity index (χ1n) is 4.80. The van der Waals surface area contributed by atoms with Gasteiger partial charge in [0, 0.05) is 0 Å². The second-order valence-electron chi connectivity index (χ2n) is 3.61. The Kier molecular flexibility index (Phi) is 6.16. The molecule has 0 heterocycles. The molecule has 0 bridgehead atoms. The average molecular weight is 297 g/mol. The van der Waals surface area contributed by atoms with Crippen molar-refractivity contribution in [2.75, 3.05) is 12.3 Å². The third-order valence-corrected chi connectivity index (χ3v) is 3.33. The topological polar surface area (TPSA) is 178 Å². The van der Waals surface area contributed by atoms with Crippen molar-refractivity contribution in [1.82, 2.24) is 5.32 Å². The molecule has 1 amide bonds. The molecule has 0 radical (unpaired) electrons. The first-order valence-corrected chi connectivity index (χ1v) is 6.83. The van der Waals surface area contributed by atoms with E-state index in [0.717, 1.165) is 0 Å². The molecule has 11 heteroatoms. The van der Waals surface area contributed by atoms with Crippen LogP contribution in [0.5, 0.6) is 0 Å². The third kappa shape index (κ3) is 7.90. The van der Waals surface area contributed by atoms with Gasteiger partial charge in [-0.1, -0.05) is 0 Å². The van der Waals surface area contributed by atoms with Crippen molar-refractivity contribution >= 4 is 31.2 Å². The van der Waals surface area contributed by atoms with E-state index in [9.17, 15) is 23.7 Å². The lowest BCUT2D eigenvalue weighted by molar-refractivity contribution is -0.147. The van der Waals surface area contributed by atoms with E-state index >= 15 is 0 Å². The highest BCUT2D eigenvalue weighted by Gasteiger charge is 2.29. The minimum absolute atomic E-state index is 0.907. The molecule has 1 unspecified atom stereocenters. The summed E-state index contributed by atoms with van der Waals surface area (Å²) in [6.07, 6.45) is -3.14. The average Bonchev–Trinajstić information content (AvgIpc) is 2.11. The number of carbonyl (C=O) groups is 4. The molecule has 0 rings (SSSR count). The summed E-state index contributed by atoms with van der Waals surface area (Å²) in [6, 6.07) is -1.75. The predicted octanol–water partition coefficient (Wildman–Crippen LogP) is -1.61. The first-order chi connectivity index (χ1) is 8.53. The maximum atomic E-state index is 11.3. The fourth-order valence-corrected chi connectivity index (χ4v) is 2.18. The monoisotopic (exact) mass is 297 g/mol. The van der Waals surface area contributed by atoms with E-state index < -0.39 is 56.0 Å². The Hall–Kier alpha value is -1.93. The minimum Gasteiger partial charge on any atom is -0.481 e. The Bertz CT molecular complexity index is 446. The molecule has 10 nitrogen and oxygen atoms in total. The second-order valence-corrected chi connectivity index (χ2v) is 5.94. The van der Waals surface area contributed by atoms with Gasteiger partial charge in [-0.15, -0.1) is 0 Å². The van der Waals surface area contributed by atoms with Crippen molar-refractivity contribution in [3.63, 3.8) is 0 Å². The van der Waals surface area contributed by atoms with Gasteiger partial charge >= 0.3 is 17.9 Å². The van der Waals surface area contributed by atoms with Crippen LogP contribution in [0.3, 0.4) is 0 Å². The molecule has 0 aliphatic carbocycles. The molecule has 0 fully saturated rings. The van der Waals surface area contributed by atoms with E-state index in [1.165, 1.54) is 0 Å². The number of carbonyl (C=O) groups excluding carboxylic acids is 1. The van der Waals surface area contributed by atoms with Crippen molar-refractivity contribution in [3.05, 3.63) is 0 Å². The smallest absolute Gasteiger partial charge is 0.326 e. The third-order valence-electron chi connectivity index (χ3n) is 1.79. The summed E-state index contributed by atoms with van der Waals surface area (Å²) in [7, 11) is -4.28. The molecule has 0 aromatic rings. The number of amides is 1. The Balaban J connectivity index is 4.58. The number of hydrogen-bond acceptors (Lipinski definition) is 5. The molecular weight excluding hydrogens is 285 g/mol. The lowest BCUT2D eigenvalue weighted by atomic mass is 10.2.